The Hall–Kier alpha value is -0.0500. The van der Waals surface area contributed by atoms with Crippen molar-refractivity contribution >= 4 is 21.6 Å². The zero-order valence-electron chi connectivity index (χ0n) is 7.13. The lowest BCUT2D eigenvalue weighted by Gasteiger charge is -2.14. The fourth-order valence-electron chi connectivity index (χ4n) is 2.40. The Balaban J connectivity index is 2.17. The molecule has 1 aliphatic carbocycles. The molecule has 1 fully saturated rings. The highest BCUT2D eigenvalue weighted by molar-refractivity contribution is 9.09. The predicted molar refractivity (Wildman–Crippen MR) is 52.8 cm³/mol. The molecular formula is C9H14BrNO. The van der Waals surface area contributed by atoms with E-state index in [0.717, 1.165) is 18.2 Å². The zero-order chi connectivity index (χ0) is 8.55. The minimum atomic E-state index is 0.225. The summed E-state index contributed by atoms with van der Waals surface area (Å²) in [6.07, 6.45) is 5.93. The van der Waals surface area contributed by atoms with Gasteiger partial charge in [-0.15, -0.1) is 0 Å². The molecule has 2 rings (SSSR count). The van der Waals surface area contributed by atoms with Crippen LogP contribution in [0.5, 0.6) is 0 Å². The first kappa shape index (κ1) is 8.54. The lowest BCUT2D eigenvalue weighted by Crippen LogP contribution is -2.21. The van der Waals surface area contributed by atoms with Crippen LogP contribution in [0, 0.1) is 11.1 Å². The molecule has 1 saturated carbocycles. The number of hydrogen-bond acceptors (Lipinski definition) is 1. The monoisotopic (exact) mass is 231 g/mol. The molecule has 0 bridgehead atoms. The van der Waals surface area contributed by atoms with Gasteiger partial charge in [-0.2, -0.15) is 0 Å². The van der Waals surface area contributed by atoms with Crippen LogP contribution < -0.4 is 0 Å². The number of hydrogen-bond donors (Lipinski definition) is 0. The first-order valence-corrected chi connectivity index (χ1v) is 5.83. The van der Waals surface area contributed by atoms with E-state index in [-0.39, 0.29) is 6.04 Å². The van der Waals surface area contributed by atoms with Crippen LogP contribution in [0.15, 0.2) is 0 Å². The molecule has 1 aliphatic heterocycles. The molecule has 0 aromatic heterocycles. The van der Waals surface area contributed by atoms with Crippen molar-refractivity contribution in [2.45, 2.75) is 38.1 Å². The number of halogens is 1. The van der Waals surface area contributed by atoms with E-state index in [1.165, 1.54) is 29.7 Å². The van der Waals surface area contributed by atoms with Crippen molar-refractivity contribution in [2.75, 3.05) is 5.33 Å². The second-order valence-electron chi connectivity index (χ2n) is 3.80. The van der Waals surface area contributed by atoms with E-state index < -0.39 is 0 Å². The van der Waals surface area contributed by atoms with Crippen molar-refractivity contribution in [3.63, 3.8) is 0 Å². The third-order valence-corrected chi connectivity index (χ3v) is 3.80. The molecule has 0 spiro atoms. The van der Waals surface area contributed by atoms with E-state index in [1.807, 2.05) is 0 Å². The molecule has 0 amide bonds. The second kappa shape index (κ2) is 3.36. The number of nitrogens with zero attached hydrogens (tertiary/aromatic N) is 1. The van der Waals surface area contributed by atoms with Gasteiger partial charge in [0.05, 0.1) is 5.33 Å². The van der Waals surface area contributed by atoms with Crippen LogP contribution in [0.4, 0.5) is 0 Å². The highest BCUT2D eigenvalue weighted by Crippen LogP contribution is 2.31. The zero-order valence-corrected chi connectivity index (χ0v) is 8.72. The first-order chi connectivity index (χ1) is 5.83. The summed E-state index contributed by atoms with van der Waals surface area (Å²) >= 11 is 3.40. The number of fused-ring (bicyclic) bond motifs is 1. The standard InChI is InChI=1S/C9H14BrNO/c10-6-8-5-7-3-1-2-4-9(7)11(8)12/h7-8H,1-6H2/t7-,8+/m0/s1. The lowest BCUT2D eigenvalue weighted by atomic mass is 9.86. The second-order valence-corrected chi connectivity index (χ2v) is 4.45. The minimum Gasteiger partial charge on any atom is -0.624 e. The summed E-state index contributed by atoms with van der Waals surface area (Å²) in [6.45, 7) is 0. The van der Waals surface area contributed by atoms with E-state index in [9.17, 15) is 5.21 Å². The first-order valence-electron chi connectivity index (χ1n) is 4.71. The minimum absolute atomic E-state index is 0.225. The summed E-state index contributed by atoms with van der Waals surface area (Å²) in [7, 11) is 0. The lowest BCUT2D eigenvalue weighted by molar-refractivity contribution is -0.486. The average Bonchev–Trinajstić information content (AvgIpc) is 2.44. The van der Waals surface area contributed by atoms with Crippen LogP contribution in [-0.2, 0) is 0 Å². The molecule has 12 heavy (non-hydrogen) atoms. The van der Waals surface area contributed by atoms with Crippen LogP contribution >= 0.6 is 15.9 Å². The quantitative estimate of drug-likeness (QED) is 0.387. The Kier molecular flexibility index (Phi) is 2.40. The van der Waals surface area contributed by atoms with Crippen LogP contribution in [0.3, 0.4) is 0 Å². The molecule has 0 unspecified atom stereocenters. The fourth-order valence-corrected chi connectivity index (χ4v) is 2.92. The Morgan fingerprint density at radius 3 is 3.00 bits per heavy atom. The maximum absolute atomic E-state index is 11.6. The summed E-state index contributed by atoms with van der Waals surface area (Å²) in [5.41, 5.74) is 1.19. The maximum atomic E-state index is 11.6. The van der Waals surface area contributed by atoms with Crippen LogP contribution in [0.2, 0.25) is 0 Å². The smallest absolute Gasteiger partial charge is 0.173 e. The molecule has 0 aromatic carbocycles. The maximum Gasteiger partial charge on any atom is 0.173 e. The number of rotatable bonds is 1. The molecule has 2 aliphatic rings. The van der Waals surface area contributed by atoms with Gasteiger partial charge >= 0.3 is 0 Å². The number of hydroxylamine groups is 1. The Morgan fingerprint density at radius 2 is 2.33 bits per heavy atom. The molecule has 3 heteroatoms. The molecule has 0 N–H and O–H groups in total. The van der Waals surface area contributed by atoms with Crippen molar-refractivity contribution in [1.29, 1.82) is 0 Å². The van der Waals surface area contributed by atoms with Gasteiger partial charge in [-0.1, -0.05) is 22.4 Å². The summed E-state index contributed by atoms with van der Waals surface area (Å²) in [4.78, 5) is 0. The van der Waals surface area contributed by atoms with Crippen molar-refractivity contribution < 1.29 is 4.74 Å². The van der Waals surface area contributed by atoms with Gasteiger partial charge in [0.15, 0.2) is 11.8 Å². The van der Waals surface area contributed by atoms with Crippen LogP contribution in [0.25, 0.3) is 0 Å². The fraction of sp³-hybridized carbons (Fsp3) is 0.889. The van der Waals surface area contributed by atoms with E-state index in [1.54, 1.807) is 0 Å². The van der Waals surface area contributed by atoms with Gasteiger partial charge in [-0.05, 0) is 12.8 Å². The molecule has 1 heterocycles. The average molecular weight is 232 g/mol. The van der Waals surface area contributed by atoms with Crippen molar-refractivity contribution in [2.24, 2.45) is 5.92 Å². The van der Waals surface area contributed by atoms with Gasteiger partial charge in [0.2, 0.25) is 0 Å². The number of alkyl halides is 1. The SMILES string of the molecule is [O-][N+]1=C2CCCC[C@H]2C[C@@H]1CBr. The van der Waals surface area contributed by atoms with Gasteiger partial charge in [0.1, 0.15) is 0 Å². The molecule has 0 radical (unpaired) electrons. The van der Waals surface area contributed by atoms with Gasteiger partial charge in [0.25, 0.3) is 0 Å². The summed E-state index contributed by atoms with van der Waals surface area (Å²) in [5.74, 6) is 0.624. The molecular weight excluding hydrogens is 218 g/mol. The van der Waals surface area contributed by atoms with Crippen LogP contribution in [-0.4, -0.2) is 21.8 Å². The summed E-state index contributed by atoms with van der Waals surface area (Å²) in [5, 5.41) is 12.5. The van der Waals surface area contributed by atoms with E-state index >= 15 is 0 Å². The molecule has 0 saturated heterocycles. The molecule has 0 aromatic rings. The van der Waals surface area contributed by atoms with E-state index in [2.05, 4.69) is 15.9 Å². The highest BCUT2D eigenvalue weighted by atomic mass is 79.9. The Labute approximate surface area is 81.4 Å². The van der Waals surface area contributed by atoms with Gasteiger partial charge < -0.3 is 5.21 Å². The van der Waals surface area contributed by atoms with E-state index in [0.29, 0.717) is 5.92 Å². The summed E-state index contributed by atoms with van der Waals surface area (Å²) < 4.78 is 1.28. The third-order valence-electron chi connectivity index (χ3n) is 3.06. The van der Waals surface area contributed by atoms with E-state index in [4.69, 9.17) is 0 Å². The van der Waals surface area contributed by atoms with Crippen molar-refractivity contribution in [3.05, 3.63) is 5.21 Å². The molecule has 68 valence electrons. The van der Waals surface area contributed by atoms with Crippen LogP contribution in [0.1, 0.15) is 32.1 Å². The van der Waals surface area contributed by atoms with Gasteiger partial charge in [0, 0.05) is 18.8 Å². The molecule has 2 nitrogen and oxygen atoms in total. The normalized spacial score (nSPS) is 35.4. The topological polar surface area (TPSA) is 26.1 Å². The van der Waals surface area contributed by atoms with Crippen molar-refractivity contribution in [3.8, 4) is 0 Å². The molecule has 2 atom stereocenters. The van der Waals surface area contributed by atoms with Crippen molar-refractivity contribution in [1.82, 2.24) is 0 Å². The Morgan fingerprint density at radius 1 is 1.50 bits per heavy atom. The van der Waals surface area contributed by atoms with Gasteiger partial charge in [-0.25, -0.2) is 4.74 Å². The Bertz CT molecular complexity index is 215. The summed E-state index contributed by atoms with van der Waals surface area (Å²) in [6, 6.07) is 0.225. The highest BCUT2D eigenvalue weighted by Gasteiger charge is 2.38. The third kappa shape index (κ3) is 1.28. The predicted octanol–water partition coefficient (Wildman–Crippen LogP) is 2.30. The van der Waals surface area contributed by atoms with Gasteiger partial charge in [-0.3, -0.25) is 0 Å². The largest absolute Gasteiger partial charge is 0.624 e.